The third-order valence-electron chi connectivity index (χ3n) is 3.73. The summed E-state index contributed by atoms with van der Waals surface area (Å²) in [5.41, 5.74) is 0.725. The molecule has 0 radical (unpaired) electrons. The van der Waals surface area contributed by atoms with Crippen LogP contribution in [-0.4, -0.2) is 42.2 Å². The normalized spacial score (nSPS) is 15.0. The number of benzene rings is 1. The maximum Gasteiger partial charge on any atom is 0.316 e. The first-order valence-electron chi connectivity index (χ1n) is 7.05. The fourth-order valence-electron chi connectivity index (χ4n) is 2.58. The largest absolute Gasteiger partial charge is 0.350 e. The van der Waals surface area contributed by atoms with E-state index >= 15 is 0 Å². The Kier molecular flexibility index (Phi) is 3.73. The van der Waals surface area contributed by atoms with Crippen molar-refractivity contribution in [3.05, 3.63) is 60.3 Å². The lowest BCUT2D eigenvalue weighted by molar-refractivity contribution is -0.894. The molecular formula is C16H18N3O2+. The summed E-state index contributed by atoms with van der Waals surface area (Å²) >= 11 is 0. The van der Waals surface area contributed by atoms with Crippen LogP contribution < -0.4 is 9.63 Å². The number of piperazine rings is 1. The zero-order chi connectivity index (χ0) is 14.7. The average Bonchev–Trinajstić information content (AvgIpc) is 2.56. The number of rotatable bonds is 2. The fraction of sp³-hybridized carbons (Fsp3) is 0.250. The molecule has 0 saturated carbocycles. The molecule has 1 fully saturated rings. The highest BCUT2D eigenvalue weighted by molar-refractivity contribution is 5.94. The van der Waals surface area contributed by atoms with E-state index in [9.17, 15) is 10.0 Å². The molecule has 1 saturated heterocycles. The third kappa shape index (κ3) is 2.81. The van der Waals surface area contributed by atoms with E-state index in [2.05, 4.69) is 4.90 Å². The van der Waals surface area contributed by atoms with Crippen molar-refractivity contribution in [2.75, 3.05) is 31.1 Å². The SMILES string of the molecule is O=C(c1ccccc1)N1CCN(c2cccc[n+]2O)CC1. The van der Waals surface area contributed by atoms with Crippen LogP contribution in [0.3, 0.4) is 0 Å². The van der Waals surface area contributed by atoms with Gasteiger partial charge in [0.25, 0.3) is 5.91 Å². The molecule has 1 aromatic carbocycles. The molecule has 1 amide bonds. The van der Waals surface area contributed by atoms with Crippen molar-refractivity contribution in [1.29, 1.82) is 0 Å². The molecular weight excluding hydrogens is 266 g/mol. The molecule has 5 heteroatoms. The Morgan fingerprint density at radius 1 is 0.952 bits per heavy atom. The van der Waals surface area contributed by atoms with Gasteiger partial charge < -0.3 is 10.1 Å². The van der Waals surface area contributed by atoms with Crippen molar-refractivity contribution in [3.63, 3.8) is 0 Å². The molecule has 1 aromatic heterocycles. The van der Waals surface area contributed by atoms with Gasteiger partial charge >= 0.3 is 5.82 Å². The average molecular weight is 284 g/mol. The molecule has 1 aliphatic rings. The monoisotopic (exact) mass is 284 g/mol. The Hall–Kier alpha value is -2.56. The van der Waals surface area contributed by atoms with Gasteiger partial charge in [-0.05, 0) is 18.2 Å². The van der Waals surface area contributed by atoms with Crippen molar-refractivity contribution in [1.82, 2.24) is 4.90 Å². The molecule has 5 nitrogen and oxygen atoms in total. The van der Waals surface area contributed by atoms with Crippen LogP contribution in [0.25, 0.3) is 0 Å². The number of nitrogens with zero attached hydrogens (tertiary/aromatic N) is 3. The van der Waals surface area contributed by atoms with Crippen LogP contribution >= 0.6 is 0 Å². The predicted octanol–water partition coefficient (Wildman–Crippen LogP) is 1.17. The predicted molar refractivity (Wildman–Crippen MR) is 78.4 cm³/mol. The highest BCUT2D eigenvalue weighted by atomic mass is 16.5. The maximum absolute atomic E-state index is 12.4. The number of amides is 1. The summed E-state index contributed by atoms with van der Waals surface area (Å²) in [6, 6.07) is 14.9. The minimum Gasteiger partial charge on any atom is -0.350 e. The number of anilines is 1. The van der Waals surface area contributed by atoms with Gasteiger partial charge in [-0.2, -0.15) is 0 Å². The highest BCUT2D eigenvalue weighted by Crippen LogP contribution is 2.13. The molecule has 108 valence electrons. The van der Waals surface area contributed by atoms with Crippen LogP contribution in [0.5, 0.6) is 0 Å². The summed E-state index contributed by atoms with van der Waals surface area (Å²) < 4.78 is 1.12. The van der Waals surface area contributed by atoms with Gasteiger partial charge in [-0.3, -0.25) is 9.69 Å². The summed E-state index contributed by atoms with van der Waals surface area (Å²) in [7, 11) is 0. The van der Waals surface area contributed by atoms with E-state index in [4.69, 9.17) is 0 Å². The van der Waals surface area contributed by atoms with E-state index in [0.717, 1.165) is 16.1 Å². The van der Waals surface area contributed by atoms with Crippen LogP contribution in [0, 0.1) is 0 Å². The van der Waals surface area contributed by atoms with Crippen molar-refractivity contribution in [3.8, 4) is 0 Å². The fourth-order valence-corrected chi connectivity index (χ4v) is 2.58. The molecule has 2 heterocycles. The van der Waals surface area contributed by atoms with Gasteiger partial charge in [-0.15, -0.1) is 0 Å². The molecule has 2 aromatic rings. The van der Waals surface area contributed by atoms with Gasteiger partial charge in [0.15, 0.2) is 0 Å². The molecule has 0 unspecified atom stereocenters. The van der Waals surface area contributed by atoms with E-state index in [1.807, 2.05) is 47.4 Å². The number of carbonyl (C=O) groups is 1. The number of aromatic nitrogens is 1. The Morgan fingerprint density at radius 2 is 1.62 bits per heavy atom. The first-order valence-corrected chi connectivity index (χ1v) is 7.05. The van der Waals surface area contributed by atoms with Crippen molar-refractivity contribution in [2.45, 2.75) is 0 Å². The molecule has 0 spiro atoms. The van der Waals surface area contributed by atoms with E-state index in [1.165, 1.54) is 0 Å². The highest BCUT2D eigenvalue weighted by Gasteiger charge is 2.28. The van der Waals surface area contributed by atoms with Crippen molar-refractivity contribution < 1.29 is 14.7 Å². The van der Waals surface area contributed by atoms with E-state index in [0.29, 0.717) is 26.2 Å². The molecule has 0 aliphatic carbocycles. The van der Waals surface area contributed by atoms with Crippen molar-refractivity contribution in [2.24, 2.45) is 0 Å². The van der Waals surface area contributed by atoms with Gasteiger partial charge in [-0.25, -0.2) is 0 Å². The summed E-state index contributed by atoms with van der Waals surface area (Å²) in [6.45, 7) is 2.73. The quantitative estimate of drug-likeness (QED) is 0.665. The standard InChI is InChI=1S/C16H18N3O2/c20-16(14-6-2-1-3-7-14)18-12-10-17(11-13-18)15-8-4-5-9-19(15)21/h1-9,21H,10-13H2/q+1. The van der Waals surface area contributed by atoms with Gasteiger partial charge in [0, 0.05) is 11.6 Å². The minimum atomic E-state index is 0.0696. The molecule has 1 N–H and O–H groups in total. The Labute approximate surface area is 123 Å². The first kappa shape index (κ1) is 13.4. The summed E-state index contributed by atoms with van der Waals surface area (Å²) in [6.07, 6.45) is 1.61. The molecule has 0 atom stereocenters. The summed E-state index contributed by atoms with van der Waals surface area (Å²) in [5, 5.41) is 9.81. The topological polar surface area (TPSA) is 47.7 Å². The number of hydrogen-bond acceptors (Lipinski definition) is 3. The number of carbonyl (C=O) groups excluding carboxylic acids is 1. The summed E-state index contributed by atoms with van der Waals surface area (Å²) in [5.74, 6) is 0.824. The second-order valence-electron chi connectivity index (χ2n) is 5.05. The maximum atomic E-state index is 12.4. The van der Waals surface area contributed by atoms with Crippen LogP contribution in [0.15, 0.2) is 54.7 Å². The van der Waals surface area contributed by atoms with E-state index in [-0.39, 0.29) is 5.91 Å². The minimum absolute atomic E-state index is 0.0696. The molecule has 0 bridgehead atoms. The Morgan fingerprint density at radius 3 is 2.29 bits per heavy atom. The van der Waals surface area contributed by atoms with E-state index < -0.39 is 0 Å². The smallest absolute Gasteiger partial charge is 0.316 e. The Balaban J connectivity index is 1.66. The van der Waals surface area contributed by atoms with Gasteiger partial charge in [0.1, 0.15) is 19.3 Å². The molecule has 3 rings (SSSR count). The van der Waals surface area contributed by atoms with Gasteiger partial charge in [-0.1, -0.05) is 29.0 Å². The zero-order valence-electron chi connectivity index (χ0n) is 11.7. The third-order valence-corrected chi connectivity index (χ3v) is 3.73. The Bertz CT molecular complexity index is 622. The summed E-state index contributed by atoms with van der Waals surface area (Å²) in [4.78, 5) is 16.3. The van der Waals surface area contributed by atoms with Crippen LogP contribution in [-0.2, 0) is 0 Å². The number of pyridine rings is 1. The molecule has 1 aliphatic heterocycles. The van der Waals surface area contributed by atoms with Gasteiger partial charge in [0.05, 0.1) is 13.1 Å². The van der Waals surface area contributed by atoms with Crippen LogP contribution in [0.1, 0.15) is 10.4 Å². The van der Waals surface area contributed by atoms with Crippen LogP contribution in [0.2, 0.25) is 0 Å². The first-order chi connectivity index (χ1) is 10.3. The van der Waals surface area contributed by atoms with Crippen LogP contribution in [0.4, 0.5) is 5.82 Å². The lowest BCUT2D eigenvalue weighted by atomic mass is 10.2. The van der Waals surface area contributed by atoms with E-state index in [1.54, 1.807) is 12.3 Å². The lowest BCUT2D eigenvalue weighted by Gasteiger charge is -2.31. The zero-order valence-corrected chi connectivity index (χ0v) is 11.7. The number of hydrogen-bond donors (Lipinski definition) is 1. The molecule has 21 heavy (non-hydrogen) atoms. The van der Waals surface area contributed by atoms with Crippen molar-refractivity contribution >= 4 is 11.7 Å². The van der Waals surface area contributed by atoms with Gasteiger partial charge in [0.2, 0.25) is 0 Å². The second kappa shape index (κ2) is 5.83. The second-order valence-corrected chi connectivity index (χ2v) is 5.05. The lowest BCUT2D eigenvalue weighted by Crippen LogP contribution is -2.52.